The second-order valence-corrected chi connectivity index (χ2v) is 4.67. The van der Waals surface area contributed by atoms with Crippen molar-refractivity contribution in [3.63, 3.8) is 0 Å². The van der Waals surface area contributed by atoms with Gasteiger partial charge < -0.3 is 9.84 Å². The minimum absolute atomic E-state index is 0.0914. The Morgan fingerprint density at radius 3 is 3.00 bits per heavy atom. The molecule has 3 unspecified atom stereocenters. The first-order valence-electron chi connectivity index (χ1n) is 5.62. The van der Waals surface area contributed by atoms with Gasteiger partial charge in [-0.3, -0.25) is 0 Å². The molecule has 2 aliphatic rings. The molecule has 1 aromatic rings. The number of hydrogen-bond donors (Lipinski definition) is 1. The maximum atomic E-state index is 10.7. The van der Waals surface area contributed by atoms with Gasteiger partial charge in [-0.15, -0.1) is 0 Å². The molecule has 0 aliphatic heterocycles. The molecule has 15 heavy (non-hydrogen) atoms. The summed E-state index contributed by atoms with van der Waals surface area (Å²) in [6.07, 6.45) is 3.15. The van der Waals surface area contributed by atoms with E-state index in [-0.39, 0.29) is 12.0 Å². The SMILES string of the molecule is COC1c2ccccc2C2(O)CCCC12. The molecule has 1 saturated carbocycles. The van der Waals surface area contributed by atoms with Gasteiger partial charge in [0.1, 0.15) is 0 Å². The zero-order valence-electron chi connectivity index (χ0n) is 8.94. The number of aliphatic hydroxyl groups is 1. The summed E-state index contributed by atoms with van der Waals surface area (Å²) in [5.74, 6) is 0.264. The highest BCUT2D eigenvalue weighted by molar-refractivity contribution is 5.41. The van der Waals surface area contributed by atoms with E-state index in [0.717, 1.165) is 24.8 Å². The number of ether oxygens (including phenoxy) is 1. The monoisotopic (exact) mass is 204 g/mol. The lowest BCUT2D eigenvalue weighted by molar-refractivity contribution is -0.0487. The van der Waals surface area contributed by atoms with Crippen molar-refractivity contribution in [2.75, 3.05) is 7.11 Å². The summed E-state index contributed by atoms with van der Waals surface area (Å²) >= 11 is 0. The molecule has 1 N–H and O–H groups in total. The molecule has 2 aliphatic carbocycles. The average molecular weight is 204 g/mol. The predicted octanol–water partition coefficient (Wildman–Crippen LogP) is 2.38. The van der Waals surface area contributed by atoms with Gasteiger partial charge >= 0.3 is 0 Å². The van der Waals surface area contributed by atoms with Crippen LogP contribution in [0.3, 0.4) is 0 Å². The first-order valence-corrected chi connectivity index (χ1v) is 5.62. The third kappa shape index (κ3) is 1.06. The van der Waals surface area contributed by atoms with Crippen LogP contribution in [0.5, 0.6) is 0 Å². The standard InChI is InChI=1S/C13H16O2/c1-15-12-9-5-2-3-6-10(9)13(14)8-4-7-11(12)13/h2-3,5-6,11-12,14H,4,7-8H2,1H3. The molecule has 3 rings (SSSR count). The molecule has 3 atom stereocenters. The van der Waals surface area contributed by atoms with E-state index in [2.05, 4.69) is 6.07 Å². The molecule has 0 radical (unpaired) electrons. The second kappa shape index (κ2) is 3.06. The Morgan fingerprint density at radius 2 is 2.20 bits per heavy atom. The van der Waals surface area contributed by atoms with Crippen LogP contribution in [-0.2, 0) is 10.3 Å². The number of benzene rings is 1. The smallest absolute Gasteiger partial charge is 0.0956 e. The Kier molecular flexibility index (Phi) is 1.91. The first kappa shape index (κ1) is 9.37. The van der Waals surface area contributed by atoms with Crippen molar-refractivity contribution in [3.05, 3.63) is 35.4 Å². The van der Waals surface area contributed by atoms with Crippen LogP contribution in [-0.4, -0.2) is 12.2 Å². The topological polar surface area (TPSA) is 29.5 Å². The highest BCUT2D eigenvalue weighted by atomic mass is 16.5. The van der Waals surface area contributed by atoms with E-state index in [1.807, 2.05) is 18.2 Å². The molecule has 80 valence electrons. The highest BCUT2D eigenvalue weighted by Gasteiger charge is 2.53. The van der Waals surface area contributed by atoms with Gasteiger partial charge in [-0.1, -0.05) is 24.3 Å². The quantitative estimate of drug-likeness (QED) is 0.761. The van der Waals surface area contributed by atoms with Crippen molar-refractivity contribution < 1.29 is 9.84 Å². The van der Waals surface area contributed by atoms with Crippen LogP contribution in [0.2, 0.25) is 0 Å². The molecule has 0 heterocycles. The number of methoxy groups -OCH3 is 1. The number of rotatable bonds is 1. The van der Waals surface area contributed by atoms with E-state index in [1.165, 1.54) is 5.56 Å². The summed E-state index contributed by atoms with van der Waals surface area (Å²) in [5, 5.41) is 10.7. The molecule has 2 heteroatoms. The van der Waals surface area contributed by atoms with Crippen molar-refractivity contribution >= 4 is 0 Å². The third-order valence-corrected chi connectivity index (χ3v) is 4.04. The van der Waals surface area contributed by atoms with Crippen LogP contribution in [0.1, 0.15) is 36.5 Å². The van der Waals surface area contributed by atoms with E-state index in [4.69, 9.17) is 4.74 Å². The third-order valence-electron chi connectivity index (χ3n) is 4.04. The summed E-state index contributed by atoms with van der Waals surface area (Å²) in [7, 11) is 1.74. The lowest BCUT2D eigenvalue weighted by Crippen LogP contribution is -2.27. The van der Waals surface area contributed by atoms with Gasteiger partial charge in [0.2, 0.25) is 0 Å². The van der Waals surface area contributed by atoms with E-state index < -0.39 is 5.60 Å². The minimum Gasteiger partial charge on any atom is -0.385 e. The summed E-state index contributed by atoms with van der Waals surface area (Å²) in [4.78, 5) is 0. The lowest BCUT2D eigenvalue weighted by atomic mass is 9.90. The first-order chi connectivity index (χ1) is 7.27. The van der Waals surface area contributed by atoms with Crippen LogP contribution >= 0.6 is 0 Å². The van der Waals surface area contributed by atoms with Crippen molar-refractivity contribution in [1.29, 1.82) is 0 Å². The second-order valence-electron chi connectivity index (χ2n) is 4.67. The summed E-state index contributed by atoms with van der Waals surface area (Å²) in [6, 6.07) is 8.16. The Balaban J connectivity index is 2.17. The van der Waals surface area contributed by atoms with Crippen molar-refractivity contribution in [2.45, 2.75) is 31.0 Å². The number of fused-ring (bicyclic) bond motifs is 3. The van der Waals surface area contributed by atoms with Crippen LogP contribution in [0.15, 0.2) is 24.3 Å². The Bertz CT molecular complexity index is 388. The maximum absolute atomic E-state index is 10.7. The largest absolute Gasteiger partial charge is 0.385 e. The van der Waals surface area contributed by atoms with Crippen molar-refractivity contribution in [3.8, 4) is 0 Å². The summed E-state index contributed by atoms with van der Waals surface area (Å²) < 4.78 is 5.56. The Labute approximate surface area is 89.9 Å². The zero-order valence-corrected chi connectivity index (χ0v) is 8.94. The average Bonchev–Trinajstić information content (AvgIpc) is 2.73. The molecule has 0 aromatic heterocycles. The molecule has 2 nitrogen and oxygen atoms in total. The van der Waals surface area contributed by atoms with Gasteiger partial charge in [-0.2, -0.15) is 0 Å². The van der Waals surface area contributed by atoms with E-state index in [1.54, 1.807) is 7.11 Å². The van der Waals surface area contributed by atoms with Gasteiger partial charge in [-0.25, -0.2) is 0 Å². The summed E-state index contributed by atoms with van der Waals surface area (Å²) in [5.41, 5.74) is 1.67. The molecule has 0 bridgehead atoms. The van der Waals surface area contributed by atoms with Crippen LogP contribution in [0.25, 0.3) is 0 Å². The van der Waals surface area contributed by atoms with Crippen molar-refractivity contribution in [1.82, 2.24) is 0 Å². The fourth-order valence-electron chi connectivity index (χ4n) is 3.40. The Morgan fingerprint density at radius 1 is 1.40 bits per heavy atom. The molecule has 0 spiro atoms. The Hall–Kier alpha value is -0.860. The fourth-order valence-corrected chi connectivity index (χ4v) is 3.40. The van der Waals surface area contributed by atoms with E-state index in [0.29, 0.717) is 0 Å². The molecule has 1 fully saturated rings. The zero-order chi connectivity index (χ0) is 10.5. The van der Waals surface area contributed by atoms with Crippen LogP contribution in [0.4, 0.5) is 0 Å². The fraction of sp³-hybridized carbons (Fsp3) is 0.538. The summed E-state index contributed by atoms with van der Waals surface area (Å²) in [6.45, 7) is 0. The van der Waals surface area contributed by atoms with Crippen molar-refractivity contribution in [2.24, 2.45) is 5.92 Å². The van der Waals surface area contributed by atoms with E-state index >= 15 is 0 Å². The van der Waals surface area contributed by atoms with Gasteiger partial charge in [0.25, 0.3) is 0 Å². The lowest BCUT2D eigenvalue weighted by Gasteiger charge is -2.25. The van der Waals surface area contributed by atoms with E-state index in [9.17, 15) is 5.11 Å². The number of hydrogen-bond acceptors (Lipinski definition) is 2. The van der Waals surface area contributed by atoms with Gasteiger partial charge in [0.15, 0.2) is 0 Å². The predicted molar refractivity (Wildman–Crippen MR) is 57.4 cm³/mol. The van der Waals surface area contributed by atoms with Gasteiger partial charge in [-0.05, 0) is 30.4 Å². The van der Waals surface area contributed by atoms with Crippen LogP contribution < -0.4 is 0 Å². The minimum atomic E-state index is -0.614. The van der Waals surface area contributed by atoms with Crippen LogP contribution in [0, 0.1) is 5.92 Å². The van der Waals surface area contributed by atoms with Gasteiger partial charge in [0, 0.05) is 13.0 Å². The molecule has 1 aromatic carbocycles. The molecular weight excluding hydrogens is 188 g/mol. The normalized spacial score (nSPS) is 37.7. The molecule has 0 saturated heterocycles. The van der Waals surface area contributed by atoms with Gasteiger partial charge in [0.05, 0.1) is 11.7 Å². The molecule has 0 amide bonds. The highest BCUT2D eigenvalue weighted by Crippen LogP contribution is 2.57. The molecular formula is C13H16O2. The maximum Gasteiger partial charge on any atom is 0.0956 e.